The summed E-state index contributed by atoms with van der Waals surface area (Å²) in [6.45, 7) is 8.06. The molecule has 1 saturated carbocycles. The normalized spacial score (nSPS) is 17.9. The SMILES string of the molecule is Cc1ccc2nc(-c3ccc(-n4cc(C(=O)O)c(N(C(=O)C5CCC(C)CC5)C(C)C)n4)cc3)cn2c1. The molecule has 37 heavy (non-hydrogen) atoms. The van der Waals surface area contributed by atoms with Crippen LogP contribution in [0.25, 0.3) is 22.6 Å². The molecule has 1 N–H and O–H groups in total. The molecular weight excluding hydrogens is 466 g/mol. The summed E-state index contributed by atoms with van der Waals surface area (Å²) in [5.74, 6) is -0.413. The van der Waals surface area contributed by atoms with Crippen molar-refractivity contribution in [1.82, 2.24) is 19.2 Å². The molecule has 1 amide bonds. The van der Waals surface area contributed by atoms with Crippen LogP contribution < -0.4 is 4.90 Å². The molecule has 8 heteroatoms. The summed E-state index contributed by atoms with van der Waals surface area (Å²) < 4.78 is 3.54. The van der Waals surface area contributed by atoms with Crippen LogP contribution in [0.5, 0.6) is 0 Å². The Balaban J connectivity index is 1.46. The van der Waals surface area contributed by atoms with Crippen LogP contribution in [0.2, 0.25) is 0 Å². The van der Waals surface area contributed by atoms with Gasteiger partial charge in [0.2, 0.25) is 5.91 Å². The first-order valence-electron chi connectivity index (χ1n) is 12.9. The molecule has 0 spiro atoms. The highest BCUT2D eigenvalue weighted by molar-refractivity contribution is 6.01. The average Bonchev–Trinajstić information content (AvgIpc) is 3.49. The number of amides is 1. The van der Waals surface area contributed by atoms with Gasteiger partial charge in [-0.25, -0.2) is 14.5 Å². The topological polar surface area (TPSA) is 92.7 Å². The van der Waals surface area contributed by atoms with E-state index < -0.39 is 5.97 Å². The third-order valence-corrected chi connectivity index (χ3v) is 7.30. The Hall–Kier alpha value is -3.94. The van der Waals surface area contributed by atoms with Crippen LogP contribution in [-0.2, 0) is 4.79 Å². The molecule has 0 atom stereocenters. The number of carbonyl (C=O) groups is 2. The molecule has 0 bridgehead atoms. The summed E-state index contributed by atoms with van der Waals surface area (Å²) in [5.41, 5.74) is 4.55. The molecule has 1 aliphatic carbocycles. The average molecular weight is 500 g/mol. The van der Waals surface area contributed by atoms with Crippen LogP contribution in [-0.4, -0.2) is 42.2 Å². The molecule has 0 saturated heterocycles. The lowest BCUT2D eigenvalue weighted by atomic mass is 9.82. The van der Waals surface area contributed by atoms with E-state index >= 15 is 0 Å². The second-order valence-corrected chi connectivity index (χ2v) is 10.5. The summed E-state index contributed by atoms with van der Waals surface area (Å²) in [7, 11) is 0. The minimum atomic E-state index is -1.10. The quantitative estimate of drug-likeness (QED) is 0.364. The highest BCUT2D eigenvalue weighted by Crippen LogP contribution is 2.33. The minimum Gasteiger partial charge on any atom is -0.477 e. The predicted molar refractivity (Wildman–Crippen MR) is 143 cm³/mol. The van der Waals surface area contributed by atoms with E-state index in [1.807, 2.05) is 74.0 Å². The van der Waals surface area contributed by atoms with Gasteiger partial charge >= 0.3 is 5.97 Å². The lowest BCUT2D eigenvalue weighted by Gasteiger charge is -2.32. The third-order valence-electron chi connectivity index (χ3n) is 7.30. The standard InChI is InChI=1S/C29H33N5O3/c1-18(2)34(28(35)22-8-5-19(3)6-9-22)27-24(29(36)37)16-33(31-27)23-12-10-21(11-13-23)25-17-32-15-20(4)7-14-26(32)30-25/h7,10-19,22H,5-6,8-9H2,1-4H3,(H,36,37). The van der Waals surface area contributed by atoms with Crippen LogP contribution in [0.3, 0.4) is 0 Å². The number of hydrogen-bond donors (Lipinski definition) is 1. The van der Waals surface area contributed by atoms with Crippen molar-refractivity contribution in [3.63, 3.8) is 0 Å². The van der Waals surface area contributed by atoms with Crippen molar-refractivity contribution in [2.24, 2.45) is 11.8 Å². The lowest BCUT2D eigenvalue weighted by molar-refractivity contribution is -0.124. The van der Waals surface area contributed by atoms with Gasteiger partial charge in [-0.15, -0.1) is 5.10 Å². The van der Waals surface area contributed by atoms with Gasteiger partial charge in [-0.05, 0) is 76.1 Å². The number of fused-ring (bicyclic) bond motifs is 1. The Morgan fingerprint density at radius 2 is 1.70 bits per heavy atom. The number of rotatable bonds is 6. The molecule has 192 valence electrons. The second kappa shape index (κ2) is 9.84. The van der Waals surface area contributed by atoms with Gasteiger partial charge in [0.25, 0.3) is 0 Å². The van der Waals surface area contributed by atoms with Gasteiger partial charge in [0.05, 0.1) is 11.4 Å². The Labute approximate surface area is 216 Å². The molecule has 1 aliphatic rings. The molecule has 1 fully saturated rings. The zero-order chi connectivity index (χ0) is 26.3. The Kier molecular flexibility index (Phi) is 6.58. The summed E-state index contributed by atoms with van der Waals surface area (Å²) >= 11 is 0. The summed E-state index contributed by atoms with van der Waals surface area (Å²) in [6.07, 6.45) is 9.21. The molecule has 5 rings (SSSR count). The number of aryl methyl sites for hydroxylation is 1. The zero-order valence-corrected chi connectivity index (χ0v) is 21.8. The smallest absolute Gasteiger partial charge is 0.341 e. The first kappa shape index (κ1) is 24.7. The third kappa shape index (κ3) is 4.88. The maximum absolute atomic E-state index is 13.5. The molecule has 3 aromatic heterocycles. The van der Waals surface area contributed by atoms with Gasteiger partial charge in [0.15, 0.2) is 5.82 Å². The molecule has 1 aromatic carbocycles. The molecule has 0 aliphatic heterocycles. The molecule has 0 radical (unpaired) electrons. The van der Waals surface area contributed by atoms with Crippen molar-refractivity contribution in [2.75, 3.05) is 4.90 Å². The van der Waals surface area contributed by atoms with E-state index in [4.69, 9.17) is 4.98 Å². The monoisotopic (exact) mass is 499 g/mol. The summed E-state index contributed by atoms with van der Waals surface area (Å²) in [5, 5.41) is 14.6. The summed E-state index contributed by atoms with van der Waals surface area (Å²) in [4.78, 5) is 32.0. The second-order valence-electron chi connectivity index (χ2n) is 10.5. The van der Waals surface area contributed by atoms with Crippen molar-refractivity contribution in [3.8, 4) is 16.9 Å². The van der Waals surface area contributed by atoms with Crippen molar-refractivity contribution in [3.05, 3.63) is 66.1 Å². The highest BCUT2D eigenvalue weighted by Gasteiger charge is 2.34. The number of benzene rings is 1. The first-order chi connectivity index (χ1) is 17.7. The van der Waals surface area contributed by atoms with Crippen LogP contribution >= 0.6 is 0 Å². The molecule has 8 nitrogen and oxygen atoms in total. The number of carbonyl (C=O) groups excluding carboxylic acids is 1. The van der Waals surface area contributed by atoms with E-state index in [2.05, 4.69) is 12.0 Å². The van der Waals surface area contributed by atoms with E-state index in [0.29, 0.717) is 11.6 Å². The van der Waals surface area contributed by atoms with Gasteiger partial charge in [-0.1, -0.05) is 25.1 Å². The van der Waals surface area contributed by atoms with Crippen LogP contribution in [0.1, 0.15) is 62.4 Å². The fourth-order valence-corrected chi connectivity index (χ4v) is 5.16. The van der Waals surface area contributed by atoms with E-state index in [9.17, 15) is 14.7 Å². The minimum absolute atomic E-state index is 0.0195. The zero-order valence-electron chi connectivity index (χ0n) is 21.8. The number of hydrogen-bond acceptors (Lipinski definition) is 4. The molecule has 3 heterocycles. The van der Waals surface area contributed by atoms with Crippen molar-refractivity contribution in [1.29, 1.82) is 0 Å². The van der Waals surface area contributed by atoms with Crippen LogP contribution in [0, 0.1) is 18.8 Å². The van der Waals surface area contributed by atoms with Crippen molar-refractivity contribution >= 4 is 23.3 Å². The number of aromatic nitrogens is 4. The van der Waals surface area contributed by atoms with Crippen molar-refractivity contribution in [2.45, 2.75) is 59.4 Å². The Bertz CT molecular complexity index is 1440. The number of carboxylic acid groups (broad SMARTS) is 1. The highest BCUT2D eigenvalue weighted by atomic mass is 16.4. The summed E-state index contributed by atoms with van der Waals surface area (Å²) in [6, 6.07) is 11.5. The molecule has 4 aromatic rings. The number of nitrogens with zero attached hydrogens (tertiary/aromatic N) is 5. The maximum Gasteiger partial charge on any atom is 0.341 e. The van der Waals surface area contributed by atoms with Gasteiger partial charge in [0, 0.05) is 36.1 Å². The van der Waals surface area contributed by atoms with Crippen LogP contribution in [0.15, 0.2) is 55.0 Å². The largest absolute Gasteiger partial charge is 0.477 e. The number of pyridine rings is 1. The lowest BCUT2D eigenvalue weighted by Crippen LogP contribution is -2.43. The predicted octanol–water partition coefficient (Wildman–Crippen LogP) is 5.76. The van der Waals surface area contributed by atoms with E-state index in [1.54, 1.807) is 9.58 Å². The fraction of sp³-hybridized carbons (Fsp3) is 0.379. The van der Waals surface area contributed by atoms with Gasteiger partial charge < -0.3 is 9.51 Å². The fourth-order valence-electron chi connectivity index (χ4n) is 5.16. The van der Waals surface area contributed by atoms with E-state index in [0.717, 1.165) is 48.2 Å². The number of anilines is 1. The van der Waals surface area contributed by atoms with Crippen LogP contribution in [0.4, 0.5) is 5.82 Å². The first-order valence-corrected chi connectivity index (χ1v) is 12.9. The van der Waals surface area contributed by atoms with E-state index in [1.165, 1.54) is 6.20 Å². The van der Waals surface area contributed by atoms with Crippen molar-refractivity contribution < 1.29 is 14.7 Å². The molecule has 0 unspecified atom stereocenters. The number of imidazole rings is 1. The molecular formula is C29H33N5O3. The Morgan fingerprint density at radius 1 is 1.00 bits per heavy atom. The number of aromatic carboxylic acids is 1. The number of carboxylic acids is 1. The maximum atomic E-state index is 13.5. The Morgan fingerprint density at radius 3 is 2.35 bits per heavy atom. The van der Waals surface area contributed by atoms with E-state index in [-0.39, 0.29) is 29.2 Å². The van der Waals surface area contributed by atoms with Gasteiger partial charge in [-0.3, -0.25) is 9.69 Å². The van der Waals surface area contributed by atoms with Gasteiger partial charge in [-0.2, -0.15) is 0 Å². The van der Waals surface area contributed by atoms with Gasteiger partial charge in [0.1, 0.15) is 11.2 Å².